The van der Waals surface area contributed by atoms with Gasteiger partial charge in [-0.05, 0) is 23.8 Å². The molecular weight excluding hydrogens is 244 g/mol. The zero-order chi connectivity index (χ0) is 13.2. The lowest BCUT2D eigenvalue weighted by molar-refractivity contribution is 0.554. The number of nitrogens with two attached hydrogens (primary N) is 1. The first-order valence-electron chi connectivity index (χ1n) is 5.87. The minimum absolute atomic E-state index is 0.120. The van der Waals surface area contributed by atoms with Gasteiger partial charge in [0.05, 0.1) is 11.4 Å². The number of nitrogens with zero attached hydrogens (tertiary/aromatic N) is 2. The Morgan fingerprint density at radius 1 is 1.32 bits per heavy atom. The molecule has 0 aliphatic rings. The van der Waals surface area contributed by atoms with Crippen LogP contribution in [0.4, 0.5) is 0 Å². The summed E-state index contributed by atoms with van der Waals surface area (Å²) >= 11 is 0. The summed E-state index contributed by atoms with van der Waals surface area (Å²) in [6, 6.07) is 7.23. The first-order valence-corrected chi connectivity index (χ1v) is 5.87. The highest BCUT2D eigenvalue weighted by molar-refractivity contribution is 5.73. The molecule has 0 aliphatic carbocycles. The molecule has 2 aromatic heterocycles. The average molecular weight is 256 g/mol. The molecule has 0 radical (unpaired) electrons. The Morgan fingerprint density at radius 2 is 2.11 bits per heavy atom. The Morgan fingerprint density at radius 3 is 2.84 bits per heavy atom. The Kier molecular flexibility index (Phi) is 2.85. The maximum atomic E-state index is 11.1. The molecule has 3 rings (SSSR count). The molecule has 0 aliphatic heterocycles. The van der Waals surface area contributed by atoms with Gasteiger partial charge in [0, 0.05) is 18.9 Å². The van der Waals surface area contributed by atoms with Crippen LogP contribution in [0.1, 0.15) is 17.3 Å². The number of aromatic amines is 1. The van der Waals surface area contributed by atoms with Crippen molar-refractivity contribution < 1.29 is 4.42 Å². The highest BCUT2D eigenvalue weighted by Crippen LogP contribution is 2.23. The van der Waals surface area contributed by atoms with E-state index in [9.17, 15) is 4.79 Å². The second-order valence-corrected chi connectivity index (χ2v) is 4.17. The number of aromatic nitrogens is 3. The number of rotatable bonds is 3. The molecule has 3 aromatic rings. The fourth-order valence-corrected chi connectivity index (χ4v) is 2.06. The summed E-state index contributed by atoms with van der Waals surface area (Å²) < 4.78 is 5.05. The standard InChI is InChI=1S/C13H12N4O2/c14-7-9(12-15-4-1-5-16-12)8-2-3-10-11(6-8)19-13(18)17-10/h1-6,9H,7,14H2,(H,17,18). The van der Waals surface area contributed by atoms with Gasteiger partial charge >= 0.3 is 5.76 Å². The summed E-state index contributed by atoms with van der Waals surface area (Å²) in [5, 5.41) is 0. The predicted octanol–water partition coefficient (Wildman–Crippen LogP) is 1.00. The monoisotopic (exact) mass is 256 g/mol. The number of benzene rings is 1. The topological polar surface area (TPSA) is 97.8 Å². The van der Waals surface area contributed by atoms with Crippen molar-refractivity contribution in [1.29, 1.82) is 0 Å². The van der Waals surface area contributed by atoms with Gasteiger partial charge in [0.15, 0.2) is 5.58 Å². The number of H-pyrrole nitrogens is 1. The van der Waals surface area contributed by atoms with Crippen LogP contribution in [0.15, 0.2) is 45.9 Å². The van der Waals surface area contributed by atoms with Crippen LogP contribution in [0.3, 0.4) is 0 Å². The smallest absolute Gasteiger partial charge is 0.408 e. The summed E-state index contributed by atoms with van der Waals surface area (Å²) in [5.74, 6) is 0.0699. The van der Waals surface area contributed by atoms with E-state index in [1.807, 2.05) is 6.07 Å². The number of hydrogen-bond acceptors (Lipinski definition) is 5. The Hall–Kier alpha value is -2.47. The maximum Gasteiger partial charge on any atom is 0.417 e. The van der Waals surface area contributed by atoms with Crippen LogP contribution in [0.2, 0.25) is 0 Å². The van der Waals surface area contributed by atoms with Crippen molar-refractivity contribution in [3.63, 3.8) is 0 Å². The number of hydrogen-bond donors (Lipinski definition) is 2. The number of oxazole rings is 1. The van der Waals surface area contributed by atoms with E-state index in [0.29, 0.717) is 23.5 Å². The second kappa shape index (κ2) is 4.66. The molecule has 96 valence electrons. The van der Waals surface area contributed by atoms with E-state index in [4.69, 9.17) is 10.2 Å². The van der Waals surface area contributed by atoms with E-state index in [2.05, 4.69) is 15.0 Å². The molecule has 1 atom stereocenters. The van der Waals surface area contributed by atoms with E-state index in [-0.39, 0.29) is 5.92 Å². The molecule has 1 unspecified atom stereocenters. The van der Waals surface area contributed by atoms with Crippen LogP contribution >= 0.6 is 0 Å². The highest BCUT2D eigenvalue weighted by atomic mass is 16.4. The van der Waals surface area contributed by atoms with Gasteiger partial charge in [-0.2, -0.15) is 0 Å². The molecule has 3 N–H and O–H groups in total. The van der Waals surface area contributed by atoms with Crippen LogP contribution in [0.25, 0.3) is 11.1 Å². The summed E-state index contributed by atoms with van der Waals surface area (Å²) in [6.07, 6.45) is 3.36. The van der Waals surface area contributed by atoms with Crippen molar-refractivity contribution in [2.75, 3.05) is 6.54 Å². The van der Waals surface area contributed by atoms with Crippen molar-refractivity contribution in [3.8, 4) is 0 Å². The molecule has 0 amide bonds. The summed E-state index contributed by atoms with van der Waals surface area (Å²) in [4.78, 5) is 22.2. The molecule has 0 saturated heterocycles. The first kappa shape index (κ1) is 11.6. The lowest BCUT2D eigenvalue weighted by Crippen LogP contribution is -2.16. The summed E-state index contributed by atoms with van der Waals surface area (Å²) in [7, 11) is 0. The van der Waals surface area contributed by atoms with E-state index in [1.165, 1.54) is 0 Å². The number of nitrogens with one attached hydrogen (secondary N) is 1. The molecular formula is C13H12N4O2. The Balaban J connectivity index is 2.08. The van der Waals surface area contributed by atoms with Gasteiger partial charge in [0.2, 0.25) is 0 Å². The largest absolute Gasteiger partial charge is 0.417 e. The van der Waals surface area contributed by atoms with Gasteiger partial charge in [-0.3, -0.25) is 4.98 Å². The van der Waals surface area contributed by atoms with Crippen LogP contribution in [0, 0.1) is 0 Å². The average Bonchev–Trinajstić information content (AvgIpc) is 2.80. The van der Waals surface area contributed by atoms with Gasteiger partial charge in [-0.15, -0.1) is 0 Å². The fraction of sp³-hybridized carbons (Fsp3) is 0.154. The van der Waals surface area contributed by atoms with Crippen molar-refractivity contribution in [3.05, 3.63) is 58.6 Å². The quantitative estimate of drug-likeness (QED) is 0.728. The molecule has 0 spiro atoms. The van der Waals surface area contributed by atoms with Gasteiger partial charge in [0.1, 0.15) is 5.82 Å². The molecule has 0 bridgehead atoms. The minimum Gasteiger partial charge on any atom is -0.408 e. The van der Waals surface area contributed by atoms with Crippen molar-refractivity contribution in [2.24, 2.45) is 5.73 Å². The molecule has 2 heterocycles. The molecule has 0 saturated carbocycles. The third-order valence-electron chi connectivity index (χ3n) is 2.98. The number of fused-ring (bicyclic) bond motifs is 1. The predicted molar refractivity (Wildman–Crippen MR) is 69.8 cm³/mol. The highest BCUT2D eigenvalue weighted by Gasteiger charge is 2.16. The lowest BCUT2D eigenvalue weighted by atomic mass is 9.98. The van der Waals surface area contributed by atoms with Crippen LogP contribution in [-0.4, -0.2) is 21.5 Å². The van der Waals surface area contributed by atoms with Gasteiger partial charge in [-0.1, -0.05) is 6.07 Å². The molecule has 6 heteroatoms. The fourth-order valence-electron chi connectivity index (χ4n) is 2.06. The summed E-state index contributed by atoms with van der Waals surface area (Å²) in [6.45, 7) is 0.379. The van der Waals surface area contributed by atoms with Crippen LogP contribution < -0.4 is 11.5 Å². The first-order chi connectivity index (χ1) is 9.28. The second-order valence-electron chi connectivity index (χ2n) is 4.17. The lowest BCUT2D eigenvalue weighted by Gasteiger charge is -2.13. The van der Waals surface area contributed by atoms with Crippen molar-refractivity contribution in [2.45, 2.75) is 5.92 Å². The van der Waals surface area contributed by atoms with Crippen molar-refractivity contribution >= 4 is 11.1 Å². The van der Waals surface area contributed by atoms with Crippen molar-refractivity contribution in [1.82, 2.24) is 15.0 Å². The Bertz CT molecular complexity index is 748. The SMILES string of the molecule is NCC(c1ccc2[nH]c(=O)oc2c1)c1ncccn1. The van der Waals surface area contributed by atoms with E-state index >= 15 is 0 Å². The van der Waals surface area contributed by atoms with Gasteiger partial charge in [0.25, 0.3) is 0 Å². The van der Waals surface area contributed by atoms with Crippen LogP contribution in [0.5, 0.6) is 0 Å². The van der Waals surface area contributed by atoms with Gasteiger partial charge in [-0.25, -0.2) is 14.8 Å². The minimum atomic E-state index is -0.465. The molecule has 19 heavy (non-hydrogen) atoms. The zero-order valence-electron chi connectivity index (χ0n) is 10.0. The van der Waals surface area contributed by atoms with Crippen LogP contribution in [-0.2, 0) is 0 Å². The van der Waals surface area contributed by atoms with Gasteiger partial charge < -0.3 is 10.2 Å². The molecule has 6 nitrogen and oxygen atoms in total. The third-order valence-corrected chi connectivity index (χ3v) is 2.98. The van der Waals surface area contributed by atoms with E-state index < -0.39 is 5.76 Å². The normalized spacial score (nSPS) is 12.7. The third kappa shape index (κ3) is 2.13. The maximum absolute atomic E-state index is 11.1. The van der Waals surface area contributed by atoms with E-state index in [1.54, 1.807) is 30.6 Å². The zero-order valence-corrected chi connectivity index (χ0v) is 10.0. The van der Waals surface area contributed by atoms with E-state index in [0.717, 1.165) is 5.56 Å². The summed E-state index contributed by atoms with van der Waals surface area (Å²) in [5.41, 5.74) is 7.90. The molecule has 0 fully saturated rings. The Labute approximate surface area is 108 Å². The molecule has 1 aromatic carbocycles.